The Morgan fingerprint density at radius 2 is 2.20 bits per heavy atom. The minimum atomic E-state index is -1.96. The summed E-state index contributed by atoms with van der Waals surface area (Å²) in [5, 5.41) is 8.85. The van der Waals surface area contributed by atoms with Gasteiger partial charge in [-0.05, 0) is 31.0 Å². The SMILES string of the molecule is Cc1ccc(N=S2(=O)CCC2)cc1C#N. The molecule has 0 amide bonds. The third-order valence-corrected chi connectivity index (χ3v) is 4.94. The molecule has 1 heterocycles. The highest BCUT2D eigenvalue weighted by Crippen LogP contribution is 2.23. The molecule has 1 aromatic carbocycles. The lowest BCUT2D eigenvalue weighted by Crippen LogP contribution is -2.22. The Kier molecular flexibility index (Phi) is 2.49. The Morgan fingerprint density at radius 3 is 2.73 bits per heavy atom. The molecule has 0 aromatic heterocycles. The molecule has 0 bridgehead atoms. The molecular formula is C11H12N2OS. The summed E-state index contributed by atoms with van der Waals surface area (Å²) in [6.45, 7) is 1.88. The fourth-order valence-electron chi connectivity index (χ4n) is 1.46. The number of nitriles is 1. The molecule has 1 aliphatic heterocycles. The second-order valence-corrected chi connectivity index (χ2v) is 6.28. The molecule has 1 fully saturated rings. The van der Waals surface area contributed by atoms with Crippen LogP contribution in [-0.2, 0) is 9.73 Å². The van der Waals surface area contributed by atoms with Crippen LogP contribution < -0.4 is 0 Å². The highest BCUT2D eigenvalue weighted by atomic mass is 32.2. The predicted octanol–water partition coefficient (Wildman–Crippen LogP) is 2.37. The quantitative estimate of drug-likeness (QED) is 0.729. The average molecular weight is 220 g/mol. The van der Waals surface area contributed by atoms with Crippen molar-refractivity contribution >= 4 is 15.4 Å². The highest BCUT2D eigenvalue weighted by molar-refractivity contribution is 7.95. The Hall–Kier alpha value is -1.34. The van der Waals surface area contributed by atoms with Crippen molar-refractivity contribution in [2.24, 2.45) is 4.36 Å². The maximum Gasteiger partial charge on any atom is 0.0995 e. The van der Waals surface area contributed by atoms with Crippen molar-refractivity contribution in [3.63, 3.8) is 0 Å². The highest BCUT2D eigenvalue weighted by Gasteiger charge is 2.19. The van der Waals surface area contributed by atoms with Gasteiger partial charge in [-0.25, -0.2) is 4.21 Å². The molecule has 0 N–H and O–H groups in total. The van der Waals surface area contributed by atoms with Crippen LogP contribution in [0.4, 0.5) is 5.69 Å². The normalized spacial score (nSPS) is 17.6. The predicted molar refractivity (Wildman–Crippen MR) is 60.5 cm³/mol. The average Bonchev–Trinajstić information content (AvgIpc) is 2.18. The molecule has 0 radical (unpaired) electrons. The van der Waals surface area contributed by atoms with Crippen LogP contribution in [0.3, 0.4) is 0 Å². The molecule has 0 aliphatic carbocycles. The fraction of sp³-hybridized carbons (Fsp3) is 0.364. The third-order valence-electron chi connectivity index (χ3n) is 2.54. The first-order valence-corrected chi connectivity index (χ1v) is 6.72. The zero-order chi connectivity index (χ0) is 10.9. The molecule has 1 saturated heterocycles. The van der Waals surface area contributed by atoms with E-state index in [1.54, 1.807) is 6.07 Å². The van der Waals surface area contributed by atoms with E-state index in [4.69, 9.17) is 5.26 Å². The first-order valence-electron chi connectivity index (χ1n) is 4.86. The van der Waals surface area contributed by atoms with Crippen molar-refractivity contribution in [1.29, 1.82) is 5.26 Å². The third kappa shape index (κ3) is 2.02. The second-order valence-electron chi connectivity index (χ2n) is 3.74. The summed E-state index contributed by atoms with van der Waals surface area (Å²) in [7, 11) is -1.96. The number of benzene rings is 1. The minimum absolute atomic E-state index is 0.610. The Labute approximate surface area is 89.9 Å². The van der Waals surface area contributed by atoms with Crippen molar-refractivity contribution < 1.29 is 4.21 Å². The summed E-state index contributed by atoms with van der Waals surface area (Å²) in [6.07, 6.45) is 0.999. The summed E-state index contributed by atoms with van der Waals surface area (Å²) < 4.78 is 16.1. The van der Waals surface area contributed by atoms with Crippen LogP contribution in [-0.4, -0.2) is 15.7 Å². The number of rotatable bonds is 1. The molecule has 1 aliphatic rings. The van der Waals surface area contributed by atoms with Gasteiger partial charge in [-0.15, -0.1) is 0 Å². The number of hydrogen-bond donors (Lipinski definition) is 0. The van der Waals surface area contributed by atoms with Crippen LogP contribution in [0.15, 0.2) is 22.6 Å². The summed E-state index contributed by atoms with van der Waals surface area (Å²) in [5.41, 5.74) is 2.21. The second kappa shape index (κ2) is 3.67. The van der Waals surface area contributed by atoms with Crippen LogP contribution in [0, 0.1) is 18.3 Å². The lowest BCUT2D eigenvalue weighted by Gasteiger charge is -2.17. The largest absolute Gasteiger partial charge is 0.249 e. The molecule has 0 saturated carbocycles. The van der Waals surface area contributed by atoms with E-state index in [0.717, 1.165) is 12.0 Å². The summed E-state index contributed by atoms with van der Waals surface area (Å²) in [6, 6.07) is 7.48. The summed E-state index contributed by atoms with van der Waals surface area (Å²) in [5.74, 6) is 1.39. The van der Waals surface area contributed by atoms with E-state index in [2.05, 4.69) is 10.4 Å². The van der Waals surface area contributed by atoms with Crippen LogP contribution in [0.25, 0.3) is 0 Å². The van der Waals surface area contributed by atoms with Gasteiger partial charge in [0.25, 0.3) is 0 Å². The van der Waals surface area contributed by atoms with Crippen LogP contribution in [0.5, 0.6) is 0 Å². The molecule has 15 heavy (non-hydrogen) atoms. The number of aryl methyl sites for hydroxylation is 1. The smallest absolute Gasteiger partial charge is 0.0995 e. The first-order chi connectivity index (χ1) is 7.13. The van der Waals surface area contributed by atoms with E-state index in [1.807, 2.05) is 19.1 Å². The van der Waals surface area contributed by atoms with Crippen LogP contribution >= 0.6 is 0 Å². The van der Waals surface area contributed by atoms with E-state index in [9.17, 15) is 4.21 Å². The molecular weight excluding hydrogens is 208 g/mol. The van der Waals surface area contributed by atoms with Gasteiger partial charge < -0.3 is 0 Å². The Balaban J connectivity index is 2.44. The van der Waals surface area contributed by atoms with Crippen molar-refractivity contribution in [2.45, 2.75) is 13.3 Å². The van der Waals surface area contributed by atoms with Crippen LogP contribution in [0.1, 0.15) is 17.5 Å². The van der Waals surface area contributed by atoms with Crippen molar-refractivity contribution in [2.75, 3.05) is 11.5 Å². The zero-order valence-corrected chi connectivity index (χ0v) is 9.38. The van der Waals surface area contributed by atoms with Gasteiger partial charge in [0.15, 0.2) is 0 Å². The molecule has 0 spiro atoms. The van der Waals surface area contributed by atoms with Gasteiger partial charge in [-0.2, -0.15) is 9.62 Å². The van der Waals surface area contributed by atoms with E-state index < -0.39 is 9.73 Å². The monoisotopic (exact) mass is 220 g/mol. The van der Waals surface area contributed by atoms with E-state index in [-0.39, 0.29) is 0 Å². The van der Waals surface area contributed by atoms with Gasteiger partial charge in [0.2, 0.25) is 0 Å². The Morgan fingerprint density at radius 1 is 1.47 bits per heavy atom. The van der Waals surface area contributed by atoms with E-state index in [0.29, 0.717) is 22.8 Å². The van der Waals surface area contributed by atoms with E-state index in [1.165, 1.54) is 0 Å². The van der Waals surface area contributed by atoms with Gasteiger partial charge in [0, 0.05) is 11.5 Å². The molecule has 4 heteroatoms. The topological polar surface area (TPSA) is 53.2 Å². The molecule has 3 nitrogen and oxygen atoms in total. The number of nitrogens with zero attached hydrogens (tertiary/aromatic N) is 2. The maximum absolute atomic E-state index is 11.8. The zero-order valence-electron chi connectivity index (χ0n) is 8.56. The minimum Gasteiger partial charge on any atom is -0.249 e. The summed E-state index contributed by atoms with van der Waals surface area (Å²) >= 11 is 0. The lowest BCUT2D eigenvalue weighted by molar-refractivity contribution is 0.663. The van der Waals surface area contributed by atoms with Gasteiger partial charge >= 0.3 is 0 Å². The molecule has 2 rings (SSSR count). The van der Waals surface area contributed by atoms with Gasteiger partial charge in [-0.3, -0.25) is 0 Å². The lowest BCUT2D eigenvalue weighted by atomic mass is 10.1. The molecule has 1 aromatic rings. The van der Waals surface area contributed by atoms with Crippen molar-refractivity contribution in [3.8, 4) is 6.07 Å². The Bertz CT molecular complexity index is 538. The number of hydrogen-bond acceptors (Lipinski definition) is 3. The van der Waals surface area contributed by atoms with Crippen LogP contribution in [0.2, 0.25) is 0 Å². The van der Waals surface area contributed by atoms with Gasteiger partial charge in [0.1, 0.15) is 0 Å². The molecule has 0 unspecified atom stereocenters. The molecule has 78 valence electrons. The summed E-state index contributed by atoms with van der Waals surface area (Å²) in [4.78, 5) is 0. The van der Waals surface area contributed by atoms with Crippen molar-refractivity contribution in [1.82, 2.24) is 0 Å². The fourth-order valence-corrected chi connectivity index (χ4v) is 2.92. The van der Waals surface area contributed by atoms with E-state index >= 15 is 0 Å². The van der Waals surface area contributed by atoms with Gasteiger partial charge in [-0.1, -0.05) is 6.07 Å². The standard InChI is InChI=1S/C11H12N2OS/c1-9-3-4-11(7-10(9)8-12)13-15(14)5-2-6-15/h3-4,7H,2,5-6H2,1H3. The van der Waals surface area contributed by atoms with Gasteiger partial charge in [0.05, 0.1) is 27.0 Å². The molecule has 0 atom stereocenters. The first kappa shape index (κ1) is 10.2. The van der Waals surface area contributed by atoms with Crippen molar-refractivity contribution in [3.05, 3.63) is 29.3 Å². The maximum atomic E-state index is 11.8.